The van der Waals surface area contributed by atoms with E-state index in [0.29, 0.717) is 5.56 Å². The lowest BCUT2D eigenvalue weighted by atomic mass is 9.63. The summed E-state index contributed by atoms with van der Waals surface area (Å²) in [5.41, 5.74) is 6.10. The van der Waals surface area contributed by atoms with Gasteiger partial charge in [-0.2, -0.15) is 0 Å². The van der Waals surface area contributed by atoms with Crippen molar-refractivity contribution in [1.82, 2.24) is 0 Å². The van der Waals surface area contributed by atoms with E-state index in [-0.39, 0.29) is 22.9 Å². The van der Waals surface area contributed by atoms with Gasteiger partial charge in [0.25, 0.3) is 0 Å². The lowest BCUT2D eigenvalue weighted by Crippen LogP contribution is -2.34. The molecule has 1 unspecified atom stereocenters. The van der Waals surface area contributed by atoms with Gasteiger partial charge in [-0.3, -0.25) is 0 Å². The zero-order chi connectivity index (χ0) is 22.4. The summed E-state index contributed by atoms with van der Waals surface area (Å²) in [6, 6.07) is 18.8. The molecule has 3 aromatic carbocycles. The zero-order valence-corrected chi connectivity index (χ0v) is 19.4. The van der Waals surface area contributed by atoms with Crippen molar-refractivity contribution in [3.63, 3.8) is 0 Å². The number of esters is 1. The van der Waals surface area contributed by atoms with Gasteiger partial charge in [0.05, 0.1) is 12.7 Å². The van der Waals surface area contributed by atoms with Crippen molar-refractivity contribution in [2.24, 2.45) is 0 Å². The molecule has 1 aliphatic carbocycles. The van der Waals surface area contributed by atoms with Crippen LogP contribution in [0.2, 0.25) is 0 Å². The fourth-order valence-corrected chi connectivity index (χ4v) is 4.91. The number of rotatable bonds is 4. The first kappa shape index (κ1) is 21.6. The first-order valence-electron chi connectivity index (χ1n) is 11.0. The molecule has 0 aliphatic heterocycles. The van der Waals surface area contributed by atoms with E-state index in [9.17, 15) is 4.79 Å². The van der Waals surface area contributed by atoms with Crippen LogP contribution in [0, 0.1) is 0 Å². The molecule has 0 saturated carbocycles. The molecule has 0 N–H and O–H groups in total. The summed E-state index contributed by atoms with van der Waals surface area (Å²) in [5.74, 6) is -0.319. The van der Waals surface area contributed by atoms with E-state index in [1.54, 1.807) is 7.11 Å². The van der Waals surface area contributed by atoms with E-state index in [1.165, 1.54) is 36.6 Å². The molecule has 0 saturated heterocycles. The van der Waals surface area contributed by atoms with Crippen molar-refractivity contribution in [3.05, 3.63) is 82.4 Å². The fourth-order valence-electron chi connectivity index (χ4n) is 4.91. The second-order valence-electron chi connectivity index (χ2n) is 10.0. The first-order chi connectivity index (χ1) is 14.7. The van der Waals surface area contributed by atoms with Crippen LogP contribution in [-0.2, 0) is 20.3 Å². The quantitative estimate of drug-likeness (QED) is 0.443. The fraction of sp³-hybridized carbons (Fsp3) is 0.393. The van der Waals surface area contributed by atoms with Gasteiger partial charge >= 0.3 is 5.97 Å². The average molecular weight is 417 g/mol. The normalized spacial score (nSPS) is 17.7. The monoisotopic (exact) mass is 416 g/mol. The molecule has 0 bridgehead atoms. The molecule has 162 valence electrons. The van der Waals surface area contributed by atoms with Crippen molar-refractivity contribution in [2.45, 2.75) is 57.5 Å². The predicted octanol–water partition coefficient (Wildman–Crippen LogP) is 6.71. The molecule has 3 heteroatoms. The zero-order valence-electron chi connectivity index (χ0n) is 19.4. The standard InChI is InChI=1S/C28H32O3/c1-27(2)13-14-28(3,4)24-17-21(11-12-23(24)27)25(30-5)20-9-7-19-16-22(26(29)31-6)10-8-18(19)15-20/h7-12,15-17,25H,13-14H2,1-6H3. The van der Waals surface area contributed by atoms with E-state index in [4.69, 9.17) is 9.47 Å². The average Bonchev–Trinajstić information content (AvgIpc) is 2.76. The van der Waals surface area contributed by atoms with Gasteiger partial charge in [-0.15, -0.1) is 0 Å². The van der Waals surface area contributed by atoms with Gasteiger partial charge in [0, 0.05) is 7.11 Å². The molecule has 31 heavy (non-hydrogen) atoms. The van der Waals surface area contributed by atoms with Crippen LogP contribution in [0.3, 0.4) is 0 Å². The topological polar surface area (TPSA) is 35.5 Å². The van der Waals surface area contributed by atoms with Crippen LogP contribution in [-0.4, -0.2) is 20.2 Å². The Bertz CT molecular complexity index is 1140. The number of carbonyl (C=O) groups is 1. The van der Waals surface area contributed by atoms with Gasteiger partial charge in [0.15, 0.2) is 0 Å². The number of carbonyl (C=O) groups excluding carboxylic acids is 1. The minimum atomic E-state index is -0.319. The maximum Gasteiger partial charge on any atom is 0.337 e. The molecule has 4 rings (SSSR count). The Labute approximate surface area is 185 Å². The molecular formula is C28H32O3. The molecule has 0 amide bonds. The molecule has 0 aromatic heterocycles. The Morgan fingerprint density at radius 1 is 0.774 bits per heavy atom. The maximum atomic E-state index is 11.8. The van der Waals surface area contributed by atoms with Crippen molar-refractivity contribution in [2.75, 3.05) is 14.2 Å². The Balaban J connectivity index is 1.75. The summed E-state index contributed by atoms with van der Waals surface area (Å²) in [7, 11) is 3.17. The van der Waals surface area contributed by atoms with E-state index < -0.39 is 0 Å². The molecule has 0 radical (unpaired) electrons. The first-order valence-corrected chi connectivity index (χ1v) is 11.0. The van der Waals surface area contributed by atoms with Gasteiger partial charge in [-0.1, -0.05) is 64.1 Å². The van der Waals surface area contributed by atoms with Crippen molar-refractivity contribution >= 4 is 16.7 Å². The van der Waals surface area contributed by atoms with Crippen molar-refractivity contribution in [1.29, 1.82) is 0 Å². The second kappa shape index (κ2) is 7.80. The van der Waals surface area contributed by atoms with Crippen LogP contribution >= 0.6 is 0 Å². The SMILES string of the molecule is COC(=O)c1ccc2cc(C(OC)c3ccc4c(c3)C(C)(C)CCC4(C)C)ccc2c1. The summed E-state index contributed by atoms with van der Waals surface area (Å²) >= 11 is 0. The van der Waals surface area contributed by atoms with Gasteiger partial charge < -0.3 is 9.47 Å². The van der Waals surface area contributed by atoms with Gasteiger partial charge in [-0.05, 0) is 74.9 Å². The Morgan fingerprint density at radius 3 is 2.03 bits per heavy atom. The van der Waals surface area contributed by atoms with Crippen LogP contribution in [0.4, 0.5) is 0 Å². The Morgan fingerprint density at radius 2 is 1.35 bits per heavy atom. The minimum absolute atomic E-state index is 0.143. The van der Waals surface area contributed by atoms with Crippen molar-refractivity contribution in [3.8, 4) is 0 Å². The third-order valence-corrected chi connectivity index (χ3v) is 7.00. The number of fused-ring (bicyclic) bond motifs is 2. The highest BCUT2D eigenvalue weighted by Crippen LogP contribution is 2.46. The van der Waals surface area contributed by atoms with Crippen LogP contribution in [0.5, 0.6) is 0 Å². The number of ether oxygens (including phenoxy) is 2. The summed E-state index contributed by atoms with van der Waals surface area (Å²) in [6.45, 7) is 9.39. The molecule has 0 fully saturated rings. The third-order valence-electron chi connectivity index (χ3n) is 7.00. The van der Waals surface area contributed by atoms with Crippen LogP contribution in [0.1, 0.15) is 79.3 Å². The van der Waals surface area contributed by atoms with Crippen LogP contribution in [0.15, 0.2) is 54.6 Å². The molecule has 0 heterocycles. The minimum Gasteiger partial charge on any atom is -0.465 e. The molecule has 1 aliphatic rings. The number of hydrogen-bond acceptors (Lipinski definition) is 3. The lowest BCUT2D eigenvalue weighted by molar-refractivity contribution is 0.0601. The van der Waals surface area contributed by atoms with E-state index in [0.717, 1.165) is 16.3 Å². The highest BCUT2D eigenvalue weighted by atomic mass is 16.5. The predicted molar refractivity (Wildman–Crippen MR) is 126 cm³/mol. The smallest absolute Gasteiger partial charge is 0.337 e. The van der Waals surface area contributed by atoms with E-state index in [1.807, 2.05) is 18.2 Å². The summed E-state index contributed by atoms with van der Waals surface area (Å²) in [4.78, 5) is 11.8. The Hall–Kier alpha value is -2.65. The third kappa shape index (κ3) is 3.87. The van der Waals surface area contributed by atoms with Gasteiger partial charge in [0.1, 0.15) is 6.10 Å². The van der Waals surface area contributed by atoms with E-state index in [2.05, 4.69) is 64.1 Å². The second-order valence-corrected chi connectivity index (χ2v) is 10.0. The molecule has 1 atom stereocenters. The molecule has 0 spiro atoms. The van der Waals surface area contributed by atoms with Gasteiger partial charge in [-0.25, -0.2) is 4.79 Å². The van der Waals surface area contributed by atoms with E-state index >= 15 is 0 Å². The lowest BCUT2D eigenvalue weighted by Gasteiger charge is -2.42. The van der Waals surface area contributed by atoms with Crippen molar-refractivity contribution < 1.29 is 14.3 Å². The molecule has 3 aromatic rings. The summed E-state index contributed by atoms with van der Waals surface area (Å²) in [5, 5.41) is 2.08. The largest absolute Gasteiger partial charge is 0.465 e. The van der Waals surface area contributed by atoms with Crippen LogP contribution < -0.4 is 0 Å². The number of hydrogen-bond donors (Lipinski definition) is 0. The highest BCUT2D eigenvalue weighted by molar-refractivity contribution is 5.95. The molecular weight excluding hydrogens is 384 g/mol. The number of benzene rings is 3. The summed E-state index contributed by atoms with van der Waals surface area (Å²) < 4.78 is 10.8. The number of methoxy groups -OCH3 is 2. The molecule has 3 nitrogen and oxygen atoms in total. The van der Waals surface area contributed by atoms with Gasteiger partial charge in [0.2, 0.25) is 0 Å². The van der Waals surface area contributed by atoms with Crippen LogP contribution in [0.25, 0.3) is 10.8 Å². The summed E-state index contributed by atoms with van der Waals surface area (Å²) in [6.07, 6.45) is 2.25. The maximum absolute atomic E-state index is 11.8. The Kier molecular flexibility index (Phi) is 5.43. The highest BCUT2D eigenvalue weighted by Gasteiger charge is 2.37.